The average Bonchev–Trinajstić information content (AvgIpc) is 2.97. The van der Waals surface area contributed by atoms with Crippen LogP contribution in [0.3, 0.4) is 0 Å². The second kappa shape index (κ2) is 13.6. The van der Waals surface area contributed by atoms with Crippen molar-refractivity contribution in [3.63, 3.8) is 0 Å². The number of aliphatic hydroxyl groups is 2. The van der Waals surface area contributed by atoms with Gasteiger partial charge in [0.05, 0.1) is 19.4 Å². The molecule has 0 aliphatic heterocycles. The van der Waals surface area contributed by atoms with Gasteiger partial charge in [0, 0.05) is 22.2 Å². The molecule has 1 amide bonds. The molecule has 0 bridgehead atoms. The maximum atomic E-state index is 13.6. The van der Waals surface area contributed by atoms with Crippen molar-refractivity contribution in [3.8, 4) is 23.0 Å². The number of sulfonamides is 1. The number of nitrogens with one attached hydrogen (secondary N) is 2. The number of thiol groups is 1. The van der Waals surface area contributed by atoms with E-state index in [0.29, 0.717) is 11.4 Å². The molecule has 0 heterocycles. The number of hydrogen-bond acceptors (Lipinski definition) is 9. The largest absolute Gasteiger partial charge is 0.497 e. The van der Waals surface area contributed by atoms with Crippen molar-refractivity contribution in [1.82, 2.24) is 0 Å². The topological polar surface area (TPSA) is 143 Å². The van der Waals surface area contributed by atoms with Gasteiger partial charge >= 0.3 is 0 Å². The summed E-state index contributed by atoms with van der Waals surface area (Å²) in [6.07, 6.45) is -1.25. The molecule has 0 saturated heterocycles. The Labute approximate surface area is 249 Å². The number of amides is 1. The average molecular weight is 611 g/mol. The van der Waals surface area contributed by atoms with E-state index in [1.165, 1.54) is 25.3 Å². The van der Waals surface area contributed by atoms with Crippen molar-refractivity contribution in [1.29, 1.82) is 0 Å². The number of aryl methyl sites for hydroxylation is 1. The predicted molar refractivity (Wildman–Crippen MR) is 162 cm³/mol. The number of rotatable bonds is 12. The summed E-state index contributed by atoms with van der Waals surface area (Å²) in [5.74, 6) is 0.0206. The highest BCUT2D eigenvalue weighted by Crippen LogP contribution is 2.42. The summed E-state index contributed by atoms with van der Waals surface area (Å²) in [7, 11) is -2.76. The van der Waals surface area contributed by atoms with Crippen molar-refractivity contribution in [2.45, 2.75) is 22.8 Å². The lowest BCUT2D eigenvalue weighted by Crippen LogP contribution is -2.22. The van der Waals surface area contributed by atoms with Crippen molar-refractivity contribution in [3.05, 3.63) is 96.1 Å². The fraction of sp³-hybridized carbons (Fsp3) is 0.167. The Bertz CT molecular complexity index is 1660. The van der Waals surface area contributed by atoms with Crippen LogP contribution in [0.1, 0.15) is 15.9 Å². The van der Waals surface area contributed by atoms with Crippen molar-refractivity contribution in [2.24, 2.45) is 0 Å². The molecule has 42 heavy (non-hydrogen) atoms. The van der Waals surface area contributed by atoms with E-state index in [9.17, 15) is 23.4 Å². The lowest BCUT2D eigenvalue weighted by Gasteiger charge is -2.20. The van der Waals surface area contributed by atoms with Crippen molar-refractivity contribution >= 4 is 39.9 Å². The van der Waals surface area contributed by atoms with Crippen LogP contribution in [0, 0.1) is 6.92 Å². The number of methoxy groups -OCH3 is 1. The summed E-state index contributed by atoms with van der Waals surface area (Å²) < 4.78 is 46.8. The molecule has 0 aromatic heterocycles. The molecular formula is C30H30N2O8S2. The third-order valence-corrected chi connectivity index (χ3v) is 7.85. The highest BCUT2D eigenvalue weighted by atomic mass is 32.2. The zero-order valence-electron chi connectivity index (χ0n) is 22.8. The van der Waals surface area contributed by atoms with E-state index in [2.05, 4.69) is 22.7 Å². The molecule has 0 aliphatic carbocycles. The number of hydrogen-bond donors (Lipinski definition) is 5. The van der Waals surface area contributed by atoms with Gasteiger partial charge < -0.3 is 29.7 Å². The molecule has 0 saturated carbocycles. The van der Waals surface area contributed by atoms with Crippen LogP contribution in [0.4, 0.5) is 11.4 Å². The fourth-order valence-electron chi connectivity index (χ4n) is 3.82. The Balaban J connectivity index is 1.85. The first kappa shape index (κ1) is 30.7. The summed E-state index contributed by atoms with van der Waals surface area (Å²) in [5, 5.41) is 22.0. The fourth-order valence-corrected chi connectivity index (χ4v) is 5.59. The number of aliphatic hydroxyl groups excluding tert-OH is 2. The molecule has 0 radical (unpaired) electrons. The third kappa shape index (κ3) is 7.74. The van der Waals surface area contributed by atoms with Gasteiger partial charge in [-0.2, -0.15) is 0 Å². The molecule has 1 unspecified atom stereocenters. The number of carbonyl (C=O) groups excluding carboxylic acids is 1. The lowest BCUT2D eigenvalue weighted by atomic mass is 10.1. The molecule has 10 nitrogen and oxygen atoms in total. The summed E-state index contributed by atoms with van der Waals surface area (Å²) >= 11 is 4.35. The van der Waals surface area contributed by atoms with Crippen LogP contribution in [0.5, 0.6) is 23.0 Å². The van der Waals surface area contributed by atoms with Crippen LogP contribution in [0.2, 0.25) is 0 Å². The van der Waals surface area contributed by atoms with E-state index < -0.39 is 28.6 Å². The molecule has 4 aromatic rings. The Kier molecular flexibility index (Phi) is 9.96. The van der Waals surface area contributed by atoms with E-state index in [1.54, 1.807) is 66.7 Å². The number of anilines is 2. The zero-order chi connectivity index (χ0) is 30.3. The minimum absolute atomic E-state index is 0.0260. The molecule has 4 N–H and O–H groups in total. The van der Waals surface area contributed by atoms with Crippen LogP contribution in [0.15, 0.2) is 94.7 Å². The third-order valence-electron chi connectivity index (χ3n) is 5.90. The Morgan fingerprint density at radius 2 is 1.71 bits per heavy atom. The first-order chi connectivity index (χ1) is 20.1. The Hall–Kier alpha value is -4.23. The normalized spacial score (nSPS) is 11.8. The SMILES string of the molecule is COc1cccc(Oc2c(NS(=O)(=O)c3ccc(C)cc3S)cc(C(=O)Nc3ccccc3)cc2OCC(O)CO)c1. The highest BCUT2D eigenvalue weighted by molar-refractivity contribution is 7.93. The first-order valence-electron chi connectivity index (χ1n) is 12.7. The maximum absolute atomic E-state index is 13.6. The molecule has 220 valence electrons. The molecular weight excluding hydrogens is 580 g/mol. The molecule has 4 rings (SSSR count). The van der Waals surface area contributed by atoms with Gasteiger partial charge in [0.1, 0.15) is 29.1 Å². The van der Waals surface area contributed by atoms with E-state index >= 15 is 0 Å². The van der Waals surface area contributed by atoms with Gasteiger partial charge in [0.2, 0.25) is 0 Å². The van der Waals surface area contributed by atoms with E-state index in [1.807, 2.05) is 6.92 Å². The minimum atomic E-state index is -4.25. The molecule has 0 aliphatic rings. The summed E-state index contributed by atoms with van der Waals surface area (Å²) in [6.45, 7) is 0.848. The second-order valence-corrected chi connectivity index (χ2v) is 11.3. The van der Waals surface area contributed by atoms with Gasteiger partial charge in [0.15, 0.2) is 11.5 Å². The quantitative estimate of drug-likeness (QED) is 0.143. The van der Waals surface area contributed by atoms with Gasteiger partial charge in [-0.3, -0.25) is 9.52 Å². The molecule has 1 atom stereocenters. The van der Waals surface area contributed by atoms with Gasteiger partial charge in [-0.25, -0.2) is 8.42 Å². The minimum Gasteiger partial charge on any atom is -0.497 e. The highest BCUT2D eigenvalue weighted by Gasteiger charge is 2.25. The number of carbonyl (C=O) groups is 1. The van der Waals surface area contributed by atoms with Gasteiger partial charge in [0.25, 0.3) is 15.9 Å². The number of para-hydroxylation sites is 1. The van der Waals surface area contributed by atoms with Crippen molar-refractivity contribution < 1.29 is 37.6 Å². The van der Waals surface area contributed by atoms with E-state index in [0.717, 1.165) is 5.56 Å². The van der Waals surface area contributed by atoms with Crippen LogP contribution < -0.4 is 24.2 Å². The lowest BCUT2D eigenvalue weighted by molar-refractivity contribution is 0.0529. The van der Waals surface area contributed by atoms with Gasteiger partial charge in [-0.1, -0.05) is 30.3 Å². The summed E-state index contributed by atoms with van der Waals surface area (Å²) in [5.41, 5.74) is 1.23. The first-order valence-corrected chi connectivity index (χ1v) is 14.6. The van der Waals surface area contributed by atoms with Crippen molar-refractivity contribution in [2.75, 3.05) is 30.4 Å². The predicted octanol–water partition coefficient (Wildman–Crippen LogP) is 4.87. The van der Waals surface area contributed by atoms with E-state index in [4.69, 9.17) is 14.2 Å². The summed E-state index contributed by atoms with van der Waals surface area (Å²) in [4.78, 5) is 13.4. The molecule has 0 fully saturated rings. The standard InChI is InChI=1S/C30H30N2O8S2/c1-19-11-12-28(27(41)13-19)42(36,37)32-25-14-20(30(35)31-21-7-4-3-5-8-21)15-26(39-18-22(34)17-33)29(25)40-24-10-6-9-23(16-24)38-2/h3-16,22,32-34,41H,17-18H2,1-2H3,(H,31,35). The van der Waals surface area contributed by atoms with Gasteiger partial charge in [-0.05, 0) is 61.0 Å². The smallest absolute Gasteiger partial charge is 0.263 e. The van der Waals surface area contributed by atoms with Gasteiger partial charge in [-0.15, -0.1) is 12.6 Å². The number of benzene rings is 4. The summed E-state index contributed by atoms with van der Waals surface area (Å²) in [6, 6.07) is 22.6. The van der Waals surface area contributed by atoms with E-state index in [-0.39, 0.29) is 44.9 Å². The molecule has 12 heteroatoms. The van der Waals surface area contributed by atoms with Crippen LogP contribution in [0.25, 0.3) is 0 Å². The molecule has 4 aromatic carbocycles. The molecule has 0 spiro atoms. The zero-order valence-corrected chi connectivity index (χ0v) is 24.5. The van der Waals surface area contributed by atoms with Crippen LogP contribution in [-0.4, -0.2) is 51.0 Å². The number of ether oxygens (including phenoxy) is 3. The van der Waals surface area contributed by atoms with Crippen LogP contribution in [-0.2, 0) is 10.0 Å². The Morgan fingerprint density at radius 3 is 2.40 bits per heavy atom. The maximum Gasteiger partial charge on any atom is 0.263 e. The second-order valence-electron chi connectivity index (χ2n) is 9.18. The van der Waals surface area contributed by atoms with Crippen LogP contribution >= 0.6 is 12.6 Å². The Morgan fingerprint density at radius 1 is 0.976 bits per heavy atom. The monoisotopic (exact) mass is 610 g/mol.